The van der Waals surface area contributed by atoms with Gasteiger partial charge in [0.1, 0.15) is 11.1 Å². The van der Waals surface area contributed by atoms with Crippen LogP contribution < -0.4 is 5.73 Å². The first-order valence-corrected chi connectivity index (χ1v) is 8.47. The topological polar surface area (TPSA) is 92.9 Å². The molecule has 0 radical (unpaired) electrons. The van der Waals surface area contributed by atoms with Gasteiger partial charge in [-0.3, -0.25) is 14.5 Å². The fraction of sp³-hybridized carbons (Fsp3) is 0.824. The maximum absolute atomic E-state index is 13.1. The van der Waals surface area contributed by atoms with Crippen LogP contribution in [0.15, 0.2) is 0 Å². The normalized spacial score (nSPS) is 25.8. The molecule has 2 fully saturated rings. The highest BCUT2D eigenvalue weighted by Gasteiger charge is 2.54. The van der Waals surface area contributed by atoms with Crippen LogP contribution in [-0.4, -0.2) is 59.0 Å². The van der Waals surface area contributed by atoms with Gasteiger partial charge in [-0.05, 0) is 53.4 Å². The summed E-state index contributed by atoms with van der Waals surface area (Å²) in [6.45, 7) is 7.98. The van der Waals surface area contributed by atoms with E-state index in [1.165, 1.54) is 4.90 Å². The first-order valence-electron chi connectivity index (χ1n) is 8.47. The number of nitrogens with two attached hydrogens (primary N) is 1. The molecule has 1 heterocycles. The minimum absolute atomic E-state index is 0.105. The summed E-state index contributed by atoms with van der Waals surface area (Å²) in [7, 11) is 1.62. The van der Waals surface area contributed by atoms with E-state index in [-0.39, 0.29) is 11.8 Å². The molecule has 7 heteroatoms. The predicted octanol–water partition coefficient (Wildman–Crippen LogP) is 1.50. The Morgan fingerprint density at radius 2 is 1.75 bits per heavy atom. The SMILES string of the molecule is CN(C(=O)OC(C)(C)C)C1(C(=O)N2CC[C@](C)(C(N)=O)C2)CCC1. The zero-order valence-corrected chi connectivity index (χ0v) is 15.3. The van der Waals surface area contributed by atoms with Gasteiger partial charge >= 0.3 is 6.09 Å². The maximum atomic E-state index is 13.1. The number of hydrogen-bond donors (Lipinski definition) is 1. The summed E-state index contributed by atoms with van der Waals surface area (Å²) in [6, 6.07) is 0. The minimum Gasteiger partial charge on any atom is -0.444 e. The van der Waals surface area contributed by atoms with Crippen LogP contribution in [0.3, 0.4) is 0 Å². The Balaban J connectivity index is 2.14. The molecule has 136 valence electrons. The number of rotatable bonds is 3. The van der Waals surface area contributed by atoms with Crippen molar-refractivity contribution in [2.75, 3.05) is 20.1 Å². The van der Waals surface area contributed by atoms with Gasteiger partial charge in [-0.15, -0.1) is 0 Å². The second-order valence-corrected chi connectivity index (χ2v) is 8.33. The number of likely N-dealkylation sites (tertiary alicyclic amines) is 1. The lowest BCUT2D eigenvalue weighted by Crippen LogP contribution is -2.64. The molecule has 1 saturated heterocycles. The molecule has 0 unspecified atom stereocenters. The summed E-state index contributed by atoms with van der Waals surface area (Å²) < 4.78 is 5.42. The van der Waals surface area contributed by atoms with Crippen LogP contribution in [0.25, 0.3) is 0 Å². The van der Waals surface area contributed by atoms with Crippen LogP contribution in [0, 0.1) is 5.41 Å². The van der Waals surface area contributed by atoms with Crippen molar-refractivity contribution in [1.29, 1.82) is 0 Å². The lowest BCUT2D eigenvalue weighted by atomic mass is 9.74. The zero-order chi connectivity index (χ0) is 18.3. The van der Waals surface area contributed by atoms with Crippen LogP contribution in [0.5, 0.6) is 0 Å². The molecule has 2 N–H and O–H groups in total. The molecular formula is C17H29N3O4. The van der Waals surface area contributed by atoms with Crippen molar-refractivity contribution in [2.45, 2.75) is 64.5 Å². The standard InChI is InChI=1S/C17H29N3O4/c1-15(2,3)24-14(23)19(5)17(7-6-8-17)13(22)20-10-9-16(4,11-20)12(18)21/h6-11H2,1-5H3,(H2,18,21)/t16-/m0/s1. The second-order valence-electron chi connectivity index (χ2n) is 8.33. The smallest absolute Gasteiger partial charge is 0.410 e. The Kier molecular flexibility index (Phi) is 4.59. The van der Waals surface area contributed by atoms with Crippen LogP contribution in [0.4, 0.5) is 4.79 Å². The third-order valence-corrected chi connectivity index (χ3v) is 5.24. The highest BCUT2D eigenvalue weighted by atomic mass is 16.6. The molecule has 1 saturated carbocycles. The highest BCUT2D eigenvalue weighted by molar-refractivity contribution is 5.92. The molecule has 3 amide bonds. The van der Waals surface area contributed by atoms with E-state index in [1.807, 2.05) is 0 Å². The summed E-state index contributed by atoms with van der Waals surface area (Å²) in [6.07, 6.45) is 2.18. The van der Waals surface area contributed by atoms with E-state index in [1.54, 1.807) is 39.6 Å². The van der Waals surface area contributed by atoms with Crippen LogP contribution in [0.2, 0.25) is 0 Å². The minimum atomic E-state index is -0.856. The summed E-state index contributed by atoms with van der Waals surface area (Å²) in [5, 5.41) is 0. The van der Waals surface area contributed by atoms with E-state index >= 15 is 0 Å². The third kappa shape index (κ3) is 3.21. The van der Waals surface area contributed by atoms with Gasteiger partial charge in [-0.1, -0.05) is 0 Å². The number of carbonyl (C=O) groups is 3. The van der Waals surface area contributed by atoms with Gasteiger partial charge < -0.3 is 15.4 Å². The van der Waals surface area contributed by atoms with E-state index in [0.29, 0.717) is 32.4 Å². The number of likely N-dealkylation sites (N-methyl/N-ethyl adjacent to an activating group) is 1. The van der Waals surface area contributed by atoms with E-state index in [9.17, 15) is 14.4 Å². The highest BCUT2D eigenvalue weighted by Crippen LogP contribution is 2.41. The van der Waals surface area contributed by atoms with Gasteiger partial charge in [0, 0.05) is 20.1 Å². The first-order chi connectivity index (χ1) is 10.9. The Labute approximate surface area is 143 Å². The van der Waals surface area contributed by atoms with Gasteiger partial charge in [0.2, 0.25) is 11.8 Å². The Morgan fingerprint density at radius 1 is 1.17 bits per heavy atom. The third-order valence-electron chi connectivity index (χ3n) is 5.24. The van der Waals surface area contributed by atoms with Gasteiger partial charge in [-0.25, -0.2) is 4.79 Å². The molecule has 0 spiro atoms. The summed E-state index contributed by atoms with van der Waals surface area (Å²) in [4.78, 5) is 40.2. The van der Waals surface area contributed by atoms with Crippen LogP contribution >= 0.6 is 0 Å². The van der Waals surface area contributed by atoms with Crippen LogP contribution in [0.1, 0.15) is 53.4 Å². The number of amides is 3. The summed E-state index contributed by atoms with van der Waals surface area (Å²) in [5.41, 5.74) is 3.31. The molecule has 2 rings (SSSR count). The molecular weight excluding hydrogens is 310 g/mol. The molecule has 0 bridgehead atoms. The lowest BCUT2D eigenvalue weighted by molar-refractivity contribution is -0.149. The molecule has 7 nitrogen and oxygen atoms in total. The predicted molar refractivity (Wildman–Crippen MR) is 89.1 cm³/mol. The van der Waals surface area contributed by atoms with Crippen molar-refractivity contribution in [3.05, 3.63) is 0 Å². The Hall–Kier alpha value is -1.79. The van der Waals surface area contributed by atoms with Crippen molar-refractivity contribution >= 4 is 17.9 Å². The Bertz CT molecular complexity index is 551. The number of hydrogen-bond acceptors (Lipinski definition) is 4. The number of primary amides is 1. The molecule has 1 aliphatic heterocycles. The molecule has 24 heavy (non-hydrogen) atoms. The first kappa shape index (κ1) is 18.5. The van der Waals surface area contributed by atoms with Crippen molar-refractivity contribution in [1.82, 2.24) is 9.80 Å². The zero-order valence-electron chi connectivity index (χ0n) is 15.3. The molecule has 2 aliphatic rings. The number of carbonyl (C=O) groups excluding carboxylic acids is 3. The Morgan fingerprint density at radius 3 is 2.12 bits per heavy atom. The quantitative estimate of drug-likeness (QED) is 0.843. The van der Waals surface area contributed by atoms with E-state index in [0.717, 1.165) is 6.42 Å². The average molecular weight is 339 g/mol. The second kappa shape index (κ2) is 5.93. The van der Waals surface area contributed by atoms with Crippen molar-refractivity contribution in [3.8, 4) is 0 Å². The molecule has 0 aromatic rings. The van der Waals surface area contributed by atoms with E-state index < -0.39 is 22.6 Å². The van der Waals surface area contributed by atoms with Gasteiger partial charge in [0.25, 0.3) is 0 Å². The van der Waals surface area contributed by atoms with Gasteiger partial charge in [-0.2, -0.15) is 0 Å². The summed E-state index contributed by atoms with van der Waals surface area (Å²) >= 11 is 0. The number of ether oxygens (including phenoxy) is 1. The van der Waals surface area contributed by atoms with Gasteiger partial charge in [0.15, 0.2) is 0 Å². The molecule has 0 aromatic heterocycles. The van der Waals surface area contributed by atoms with Gasteiger partial charge in [0.05, 0.1) is 5.41 Å². The van der Waals surface area contributed by atoms with Crippen LogP contribution in [-0.2, 0) is 14.3 Å². The molecule has 0 aromatic carbocycles. The average Bonchev–Trinajstić information content (AvgIpc) is 2.79. The van der Waals surface area contributed by atoms with Crippen molar-refractivity contribution < 1.29 is 19.1 Å². The fourth-order valence-electron chi connectivity index (χ4n) is 3.34. The lowest BCUT2D eigenvalue weighted by Gasteiger charge is -2.48. The fourth-order valence-corrected chi connectivity index (χ4v) is 3.34. The van der Waals surface area contributed by atoms with Crippen molar-refractivity contribution in [3.63, 3.8) is 0 Å². The maximum Gasteiger partial charge on any atom is 0.410 e. The summed E-state index contributed by atoms with van der Waals surface area (Å²) in [5.74, 6) is -0.493. The van der Waals surface area contributed by atoms with E-state index in [2.05, 4.69) is 0 Å². The largest absolute Gasteiger partial charge is 0.444 e. The number of nitrogens with zero attached hydrogens (tertiary/aromatic N) is 2. The molecule has 1 atom stereocenters. The molecule has 1 aliphatic carbocycles. The van der Waals surface area contributed by atoms with E-state index in [4.69, 9.17) is 10.5 Å². The van der Waals surface area contributed by atoms with Crippen molar-refractivity contribution in [2.24, 2.45) is 11.1 Å². The monoisotopic (exact) mass is 339 g/mol.